The van der Waals surface area contributed by atoms with Crippen molar-refractivity contribution in [3.63, 3.8) is 0 Å². The smallest absolute Gasteiger partial charge is 0.419 e. The minimum atomic E-state index is -0.644. The molecule has 0 saturated carbocycles. The molecule has 8 nitrogen and oxygen atoms in total. The van der Waals surface area contributed by atoms with Crippen molar-refractivity contribution < 1.29 is 19.1 Å². The van der Waals surface area contributed by atoms with Gasteiger partial charge in [0.15, 0.2) is 0 Å². The van der Waals surface area contributed by atoms with Crippen LogP contribution in [-0.4, -0.2) is 41.7 Å². The third-order valence-electron chi connectivity index (χ3n) is 18.4. The molecule has 1 aliphatic carbocycles. The minimum Gasteiger partial charge on any atom is -0.443 e. The number of fused-ring (bicyclic) bond motifs is 15. The van der Waals surface area contributed by atoms with Gasteiger partial charge < -0.3 is 18.6 Å². The summed E-state index contributed by atoms with van der Waals surface area (Å²) in [6, 6.07) is 65.9. The Labute approximate surface area is 562 Å². The summed E-state index contributed by atoms with van der Waals surface area (Å²) in [5.74, 6) is 0. The van der Waals surface area contributed by atoms with E-state index in [1.165, 1.54) is 99.2 Å². The molecule has 0 unspecified atom stereocenters. The minimum absolute atomic E-state index is 0.364. The fraction of sp³-hybridized carbons (Fsp3) is 0.253. The highest BCUT2D eigenvalue weighted by Crippen LogP contribution is 2.42. The summed E-state index contributed by atoms with van der Waals surface area (Å²) in [6.45, 7) is 24.7. The summed E-state index contributed by atoms with van der Waals surface area (Å²) in [5, 5.41) is 9.16. The zero-order valence-electron chi connectivity index (χ0n) is 55.4. The lowest BCUT2D eigenvalue weighted by Crippen LogP contribution is -2.27. The van der Waals surface area contributed by atoms with Gasteiger partial charge in [-0.05, 0) is 257 Å². The largest absolute Gasteiger partial charge is 0.443 e. The molecule has 470 valence electrons. The molecule has 10 heteroatoms. The van der Waals surface area contributed by atoms with Gasteiger partial charge in [0.2, 0.25) is 0 Å². The predicted octanol–water partition coefficient (Wildman–Crippen LogP) is 23.5. The lowest BCUT2D eigenvalue weighted by molar-refractivity contribution is 0.0540. The molecule has 93 heavy (non-hydrogen) atoms. The lowest BCUT2D eigenvalue weighted by atomic mass is 10.00. The molecular weight excluding hydrogens is 1280 g/mol. The topological polar surface area (TPSA) is 72.3 Å². The van der Waals surface area contributed by atoms with Crippen LogP contribution in [-0.2, 0) is 54.4 Å². The van der Waals surface area contributed by atoms with Crippen molar-refractivity contribution in [1.82, 2.24) is 18.3 Å². The van der Waals surface area contributed by atoms with Crippen LogP contribution in [0.3, 0.4) is 0 Å². The summed E-state index contributed by atoms with van der Waals surface area (Å²) < 4.78 is 21.7. The number of aromatic nitrogens is 4. The Morgan fingerprint density at radius 3 is 1.12 bits per heavy atom. The molecule has 0 aliphatic heterocycles. The Hall–Kier alpha value is -8.70. The average Bonchev–Trinajstić information content (AvgIpc) is 1.58. The van der Waals surface area contributed by atoms with E-state index in [9.17, 15) is 9.59 Å². The molecule has 0 radical (unpaired) electrons. The number of halogens is 2. The van der Waals surface area contributed by atoms with Crippen LogP contribution in [0.5, 0.6) is 0 Å². The van der Waals surface area contributed by atoms with Crippen LogP contribution in [0.15, 0.2) is 191 Å². The molecule has 0 N–H and O–H groups in total. The highest BCUT2D eigenvalue weighted by molar-refractivity contribution is 9.10. The van der Waals surface area contributed by atoms with Crippen molar-refractivity contribution in [2.45, 2.75) is 139 Å². The number of hydrogen-bond donors (Lipinski definition) is 0. The van der Waals surface area contributed by atoms with E-state index in [1.807, 2.05) is 77.9 Å². The number of ether oxygens (including phenoxy) is 2. The van der Waals surface area contributed by atoms with E-state index >= 15 is 0 Å². The normalized spacial score (nSPS) is 12.3. The van der Waals surface area contributed by atoms with Crippen molar-refractivity contribution in [3.05, 3.63) is 235 Å². The molecule has 0 spiro atoms. The highest BCUT2D eigenvalue weighted by atomic mass is 79.9. The summed E-state index contributed by atoms with van der Waals surface area (Å²) in [6.07, 6.45) is 6.53. The molecule has 14 aromatic rings. The SMILES string of the molecule is CC(C)(C)OC(=O)n1c2ccc(Br)cc2c2cc(Br)ccc21.CCc1ccc2c(c1)-c1cc(CC)ccc1C2.CCc1ccc2c(c1)c1cc(CC)ccc1n2-c1ccc2c(c1)c1cc(-n3c4ccc(CC)cc4c4c(CC)cccc43)ccc1n2C(=O)OC(C)(C)C. The maximum Gasteiger partial charge on any atom is 0.419 e. The number of carbonyl (C=O) groups is 2. The summed E-state index contributed by atoms with van der Waals surface area (Å²) in [5.41, 5.74) is 23.1. The van der Waals surface area contributed by atoms with Gasteiger partial charge in [0.1, 0.15) is 11.2 Å². The van der Waals surface area contributed by atoms with Gasteiger partial charge in [-0.15, -0.1) is 0 Å². The first-order valence-corrected chi connectivity index (χ1v) is 34.6. The zero-order chi connectivity index (χ0) is 65.4. The maximum absolute atomic E-state index is 14.1. The zero-order valence-corrected chi connectivity index (χ0v) is 58.6. The Morgan fingerprint density at radius 1 is 0.366 bits per heavy atom. The standard InChI is InChI=1S/C49H47N3O2.C17H15Br2NO2.C17H18/c1-8-30-15-20-41-36(25-30)37-26-31(9-2)16-21-42(37)50(41)34-18-23-43-38(28-34)39-29-35(19-24-44(39)52(43)48(53)54-49(5,6)7)51-45-22-17-32(10-3)27-40(45)47-33(11-4)13-12-14-46(47)51;1-17(2,3)22-16(21)20-14-6-4-10(18)8-12(14)13-9-11(19)5-7-15(13)20;1-3-12-5-7-14-11-15-8-6-13(4-2)10-17(15)16(14)9-12/h12-29H,8-11H2,1-7H3;4-9H,1-3H3;5-10H,3-4,11H2,1-2H3. The fourth-order valence-electron chi connectivity index (χ4n) is 13.8. The van der Waals surface area contributed by atoms with Crippen molar-refractivity contribution in [1.29, 1.82) is 0 Å². The molecule has 10 aromatic carbocycles. The number of carbonyl (C=O) groups excluding carboxylic acids is 2. The molecule has 0 amide bonds. The number of hydrogen-bond acceptors (Lipinski definition) is 4. The Balaban J connectivity index is 0.000000163. The molecule has 1 aliphatic rings. The number of nitrogens with zero attached hydrogens (tertiary/aromatic N) is 4. The van der Waals surface area contributed by atoms with Crippen LogP contribution >= 0.6 is 31.9 Å². The van der Waals surface area contributed by atoms with Gasteiger partial charge in [0.25, 0.3) is 0 Å². The van der Waals surface area contributed by atoms with Crippen LogP contribution in [0.25, 0.3) is 110 Å². The Morgan fingerprint density at radius 2 is 0.710 bits per heavy atom. The molecule has 0 bridgehead atoms. The van der Waals surface area contributed by atoms with E-state index < -0.39 is 11.2 Å². The lowest BCUT2D eigenvalue weighted by Gasteiger charge is -2.20. The maximum atomic E-state index is 14.1. The van der Waals surface area contributed by atoms with Crippen molar-refractivity contribution in [2.75, 3.05) is 0 Å². The fourth-order valence-corrected chi connectivity index (χ4v) is 14.5. The van der Waals surface area contributed by atoms with E-state index in [0.29, 0.717) is 0 Å². The van der Waals surface area contributed by atoms with E-state index in [2.05, 4.69) is 228 Å². The summed E-state index contributed by atoms with van der Waals surface area (Å²) >= 11 is 6.99. The second kappa shape index (κ2) is 25.0. The quantitative estimate of drug-likeness (QED) is 0.152. The van der Waals surface area contributed by atoms with Crippen LogP contribution in [0.2, 0.25) is 0 Å². The summed E-state index contributed by atoms with van der Waals surface area (Å²) in [7, 11) is 0. The number of aryl methyl sites for hydroxylation is 6. The molecule has 4 aromatic heterocycles. The van der Waals surface area contributed by atoms with E-state index in [0.717, 1.165) is 109 Å². The van der Waals surface area contributed by atoms with Gasteiger partial charge in [-0.3, -0.25) is 0 Å². The molecule has 0 saturated heterocycles. The first kappa shape index (κ1) is 63.1. The Kier molecular flexibility index (Phi) is 16.9. The van der Waals surface area contributed by atoms with Gasteiger partial charge in [-0.25, -0.2) is 18.7 Å². The van der Waals surface area contributed by atoms with Crippen molar-refractivity contribution in [3.8, 4) is 22.5 Å². The first-order chi connectivity index (χ1) is 44.7. The van der Waals surface area contributed by atoms with Crippen LogP contribution < -0.4 is 0 Å². The van der Waals surface area contributed by atoms with Crippen molar-refractivity contribution >= 4 is 131 Å². The van der Waals surface area contributed by atoms with Crippen LogP contribution in [0, 0.1) is 0 Å². The molecular formula is C83H80Br2N4O4. The van der Waals surface area contributed by atoms with Crippen molar-refractivity contribution in [2.24, 2.45) is 0 Å². The van der Waals surface area contributed by atoms with Gasteiger partial charge in [-0.1, -0.05) is 140 Å². The average molecular weight is 1360 g/mol. The predicted molar refractivity (Wildman–Crippen MR) is 397 cm³/mol. The second-order valence-electron chi connectivity index (χ2n) is 26.7. The van der Waals surface area contributed by atoms with E-state index in [4.69, 9.17) is 9.47 Å². The molecule has 0 atom stereocenters. The second-order valence-corrected chi connectivity index (χ2v) is 28.5. The van der Waals surface area contributed by atoms with E-state index in [-0.39, 0.29) is 12.2 Å². The van der Waals surface area contributed by atoms with E-state index in [1.54, 1.807) is 9.13 Å². The molecule has 4 heterocycles. The summed E-state index contributed by atoms with van der Waals surface area (Å²) in [4.78, 5) is 26.7. The third kappa shape index (κ3) is 11.8. The van der Waals surface area contributed by atoms with Crippen LogP contribution in [0.4, 0.5) is 9.59 Å². The van der Waals surface area contributed by atoms with Gasteiger partial charge >= 0.3 is 12.2 Å². The van der Waals surface area contributed by atoms with Gasteiger partial charge in [-0.2, -0.15) is 0 Å². The highest BCUT2D eigenvalue weighted by Gasteiger charge is 2.27. The number of rotatable bonds is 8. The number of benzene rings is 10. The third-order valence-corrected chi connectivity index (χ3v) is 19.4. The molecule has 15 rings (SSSR count). The Bertz CT molecular complexity index is 5140. The van der Waals surface area contributed by atoms with Gasteiger partial charge in [0.05, 0.1) is 44.1 Å². The first-order valence-electron chi connectivity index (χ1n) is 33.0. The molecule has 0 fully saturated rings. The monoisotopic (exact) mass is 1350 g/mol. The van der Waals surface area contributed by atoms with Gasteiger partial charge in [0, 0.05) is 63.4 Å². The van der Waals surface area contributed by atoms with Crippen LogP contribution in [0.1, 0.15) is 128 Å².